The first-order valence-electron chi connectivity index (χ1n) is 10.6. The SMILES string of the molecule is O=C1COc2ccc(C(=O)CSc3nnc(-c4ccc(F)cc4)n3CC3CCCO3)cc2N1. The van der Waals surface area contributed by atoms with Crippen molar-refractivity contribution in [2.75, 3.05) is 24.3 Å². The van der Waals surface area contributed by atoms with E-state index in [0.29, 0.717) is 34.5 Å². The van der Waals surface area contributed by atoms with Crippen molar-refractivity contribution in [3.8, 4) is 17.1 Å². The molecular formula is C23H21FN4O4S. The highest BCUT2D eigenvalue weighted by Crippen LogP contribution is 2.30. The molecule has 1 unspecified atom stereocenters. The number of ether oxygens (including phenoxy) is 2. The molecule has 2 aromatic carbocycles. The number of rotatable bonds is 7. The molecule has 0 radical (unpaired) electrons. The van der Waals surface area contributed by atoms with Gasteiger partial charge in [-0.2, -0.15) is 0 Å². The minimum Gasteiger partial charge on any atom is -0.482 e. The lowest BCUT2D eigenvalue weighted by atomic mass is 10.1. The van der Waals surface area contributed by atoms with Gasteiger partial charge in [-0.15, -0.1) is 10.2 Å². The molecule has 170 valence electrons. The molecule has 3 aromatic rings. The Labute approximate surface area is 193 Å². The lowest BCUT2D eigenvalue weighted by Crippen LogP contribution is -2.25. The number of Topliss-reactive ketones (excluding diaryl/α,β-unsaturated/α-hetero) is 1. The van der Waals surface area contributed by atoms with Crippen LogP contribution < -0.4 is 10.1 Å². The lowest BCUT2D eigenvalue weighted by Gasteiger charge is -2.18. The van der Waals surface area contributed by atoms with E-state index in [1.54, 1.807) is 30.3 Å². The van der Waals surface area contributed by atoms with Crippen molar-refractivity contribution in [1.29, 1.82) is 0 Å². The van der Waals surface area contributed by atoms with Gasteiger partial charge in [-0.1, -0.05) is 11.8 Å². The molecule has 0 spiro atoms. The Morgan fingerprint density at radius 2 is 2.06 bits per heavy atom. The van der Waals surface area contributed by atoms with E-state index in [-0.39, 0.29) is 36.0 Å². The van der Waals surface area contributed by atoms with Crippen molar-refractivity contribution in [3.05, 3.63) is 53.8 Å². The highest BCUT2D eigenvalue weighted by atomic mass is 32.2. The van der Waals surface area contributed by atoms with Gasteiger partial charge in [-0.25, -0.2) is 4.39 Å². The van der Waals surface area contributed by atoms with Crippen LogP contribution in [0, 0.1) is 5.82 Å². The van der Waals surface area contributed by atoms with E-state index in [2.05, 4.69) is 15.5 Å². The molecule has 0 aliphatic carbocycles. The number of nitrogens with one attached hydrogen (secondary N) is 1. The molecule has 1 fully saturated rings. The van der Waals surface area contributed by atoms with Crippen molar-refractivity contribution >= 4 is 29.1 Å². The highest BCUT2D eigenvalue weighted by molar-refractivity contribution is 7.99. The predicted molar refractivity (Wildman–Crippen MR) is 120 cm³/mol. The van der Waals surface area contributed by atoms with Crippen LogP contribution in [0.25, 0.3) is 11.4 Å². The van der Waals surface area contributed by atoms with Crippen molar-refractivity contribution in [2.45, 2.75) is 30.6 Å². The van der Waals surface area contributed by atoms with Gasteiger partial charge in [0.2, 0.25) is 0 Å². The van der Waals surface area contributed by atoms with Crippen molar-refractivity contribution < 1.29 is 23.5 Å². The Morgan fingerprint density at radius 1 is 1.21 bits per heavy atom. The zero-order valence-corrected chi connectivity index (χ0v) is 18.4. The maximum Gasteiger partial charge on any atom is 0.262 e. The summed E-state index contributed by atoms with van der Waals surface area (Å²) in [6.07, 6.45) is 1.98. The van der Waals surface area contributed by atoms with E-state index in [4.69, 9.17) is 9.47 Å². The summed E-state index contributed by atoms with van der Waals surface area (Å²) in [5.41, 5.74) is 1.70. The maximum absolute atomic E-state index is 13.4. The fourth-order valence-electron chi connectivity index (χ4n) is 3.83. The molecule has 10 heteroatoms. The normalized spacial score (nSPS) is 17.4. The van der Waals surface area contributed by atoms with Crippen LogP contribution in [-0.2, 0) is 16.1 Å². The Balaban J connectivity index is 1.35. The number of carbonyl (C=O) groups is 2. The number of amides is 1. The minimum absolute atomic E-state index is 0.0348. The molecule has 33 heavy (non-hydrogen) atoms. The van der Waals surface area contributed by atoms with Gasteiger partial charge in [0.1, 0.15) is 11.6 Å². The number of halogens is 1. The third-order valence-corrected chi connectivity index (χ3v) is 6.46. The molecule has 5 rings (SSSR count). The zero-order valence-electron chi connectivity index (χ0n) is 17.6. The molecule has 1 amide bonds. The smallest absolute Gasteiger partial charge is 0.262 e. The van der Waals surface area contributed by atoms with Crippen molar-refractivity contribution in [2.24, 2.45) is 0 Å². The number of fused-ring (bicyclic) bond motifs is 1. The standard InChI is InChI=1S/C23H21FN4O4S/c24-16-6-3-14(4-7-16)22-26-27-23(28(22)11-17-2-1-9-31-17)33-13-19(29)15-5-8-20-18(10-15)25-21(30)12-32-20/h3-8,10,17H,1-2,9,11-13H2,(H,25,30). The first-order valence-corrected chi connectivity index (χ1v) is 11.6. The van der Waals surface area contributed by atoms with Gasteiger partial charge in [0, 0.05) is 17.7 Å². The van der Waals surface area contributed by atoms with Crippen LogP contribution in [0.4, 0.5) is 10.1 Å². The van der Waals surface area contributed by atoms with Crippen molar-refractivity contribution in [1.82, 2.24) is 14.8 Å². The fraction of sp³-hybridized carbons (Fsp3) is 0.304. The van der Waals surface area contributed by atoms with Crippen LogP contribution in [0.2, 0.25) is 0 Å². The van der Waals surface area contributed by atoms with Gasteiger partial charge in [-0.3, -0.25) is 14.2 Å². The number of carbonyl (C=O) groups excluding carboxylic acids is 2. The van der Waals surface area contributed by atoms with Crippen LogP contribution in [-0.4, -0.2) is 51.5 Å². The zero-order chi connectivity index (χ0) is 22.8. The Kier molecular flexibility index (Phi) is 6.10. The summed E-state index contributed by atoms with van der Waals surface area (Å²) >= 11 is 1.28. The van der Waals surface area contributed by atoms with Gasteiger partial charge in [0.15, 0.2) is 23.4 Å². The number of hydrogen-bond acceptors (Lipinski definition) is 7. The number of nitrogens with zero attached hydrogens (tertiary/aromatic N) is 3. The molecule has 1 aromatic heterocycles. The number of thioether (sulfide) groups is 1. The first kappa shape index (κ1) is 21.6. The molecule has 1 saturated heterocycles. The molecule has 1 N–H and O–H groups in total. The monoisotopic (exact) mass is 468 g/mol. The van der Waals surface area contributed by atoms with Crippen molar-refractivity contribution in [3.63, 3.8) is 0 Å². The molecule has 0 bridgehead atoms. The molecule has 2 aliphatic rings. The van der Waals surface area contributed by atoms with Gasteiger partial charge < -0.3 is 14.8 Å². The summed E-state index contributed by atoms with van der Waals surface area (Å²) in [7, 11) is 0. The van der Waals surface area contributed by atoms with E-state index >= 15 is 0 Å². The number of ketones is 1. The van der Waals surface area contributed by atoms with Crippen LogP contribution >= 0.6 is 11.8 Å². The summed E-state index contributed by atoms with van der Waals surface area (Å²) < 4.78 is 26.5. The number of aromatic nitrogens is 3. The second-order valence-electron chi connectivity index (χ2n) is 7.82. The average Bonchev–Trinajstić information content (AvgIpc) is 3.48. The second-order valence-corrected chi connectivity index (χ2v) is 8.76. The fourth-order valence-corrected chi connectivity index (χ4v) is 4.68. The van der Waals surface area contributed by atoms with Gasteiger partial charge in [0.05, 0.1) is 24.1 Å². The second kappa shape index (κ2) is 9.32. The largest absolute Gasteiger partial charge is 0.482 e. The van der Waals surface area contributed by atoms with Gasteiger partial charge in [0.25, 0.3) is 5.91 Å². The third-order valence-electron chi connectivity index (χ3n) is 5.50. The Hall–Kier alpha value is -3.24. The molecule has 2 aliphatic heterocycles. The first-order chi connectivity index (χ1) is 16.1. The highest BCUT2D eigenvalue weighted by Gasteiger charge is 2.23. The van der Waals surface area contributed by atoms with E-state index in [1.807, 2.05) is 4.57 Å². The lowest BCUT2D eigenvalue weighted by molar-refractivity contribution is -0.118. The van der Waals surface area contributed by atoms with E-state index in [1.165, 1.54) is 23.9 Å². The summed E-state index contributed by atoms with van der Waals surface area (Å²) in [4.78, 5) is 24.4. The average molecular weight is 469 g/mol. The summed E-state index contributed by atoms with van der Waals surface area (Å²) in [6, 6.07) is 11.1. The molecular weight excluding hydrogens is 447 g/mol. The molecule has 0 saturated carbocycles. The van der Waals surface area contributed by atoms with Crippen LogP contribution in [0.1, 0.15) is 23.2 Å². The predicted octanol–water partition coefficient (Wildman–Crippen LogP) is 3.57. The van der Waals surface area contributed by atoms with Crippen LogP contribution in [0.15, 0.2) is 47.6 Å². The summed E-state index contributed by atoms with van der Waals surface area (Å²) in [6.45, 7) is 1.24. The van der Waals surface area contributed by atoms with E-state index < -0.39 is 0 Å². The quantitative estimate of drug-likeness (QED) is 0.418. The Bertz CT molecular complexity index is 1190. The molecule has 1 atom stereocenters. The Morgan fingerprint density at radius 3 is 2.85 bits per heavy atom. The molecule has 3 heterocycles. The van der Waals surface area contributed by atoms with E-state index in [9.17, 15) is 14.0 Å². The topological polar surface area (TPSA) is 95.3 Å². The van der Waals surface area contributed by atoms with Gasteiger partial charge >= 0.3 is 0 Å². The molecule has 8 nitrogen and oxygen atoms in total. The minimum atomic E-state index is -0.323. The summed E-state index contributed by atoms with van der Waals surface area (Å²) in [5, 5.41) is 11.9. The van der Waals surface area contributed by atoms with Crippen LogP contribution in [0.5, 0.6) is 5.75 Å². The number of benzene rings is 2. The number of hydrogen-bond donors (Lipinski definition) is 1. The van der Waals surface area contributed by atoms with Gasteiger partial charge in [-0.05, 0) is 55.3 Å². The summed E-state index contributed by atoms with van der Waals surface area (Å²) in [5.74, 6) is 0.597. The number of anilines is 1. The van der Waals surface area contributed by atoms with Crippen LogP contribution in [0.3, 0.4) is 0 Å². The third kappa shape index (κ3) is 4.76. The maximum atomic E-state index is 13.4. The van der Waals surface area contributed by atoms with E-state index in [0.717, 1.165) is 25.0 Å².